The van der Waals surface area contributed by atoms with Crippen molar-refractivity contribution in [3.05, 3.63) is 64.7 Å². The van der Waals surface area contributed by atoms with Crippen molar-refractivity contribution in [1.29, 1.82) is 0 Å². The highest BCUT2D eigenvalue weighted by molar-refractivity contribution is 6.33. The molecule has 21 heavy (non-hydrogen) atoms. The van der Waals surface area contributed by atoms with Gasteiger partial charge in [-0.05, 0) is 25.1 Å². The van der Waals surface area contributed by atoms with E-state index < -0.39 is 0 Å². The zero-order valence-electron chi connectivity index (χ0n) is 12.3. The molecule has 0 radical (unpaired) electrons. The minimum atomic E-state index is -0.120. The number of hydrogen-bond acceptors (Lipinski definition) is 2. The third-order valence-electron chi connectivity index (χ3n) is 3.59. The van der Waals surface area contributed by atoms with Crippen LogP contribution >= 0.6 is 11.6 Å². The van der Waals surface area contributed by atoms with E-state index >= 15 is 0 Å². The maximum atomic E-state index is 12.6. The summed E-state index contributed by atoms with van der Waals surface area (Å²) >= 11 is 6.10. The predicted molar refractivity (Wildman–Crippen MR) is 85.0 cm³/mol. The lowest BCUT2D eigenvalue weighted by Gasteiger charge is -2.27. The summed E-state index contributed by atoms with van der Waals surface area (Å²) in [6.45, 7) is 1.96. The maximum absolute atomic E-state index is 12.6. The Labute approximate surface area is 130 Å². The van der Waals surface area contributed by atoms with E-state index in [0.29, 0.717) is 10.6 Å². The molecule has 1 atom stereocenters. The van der Waals surface area contributed by atoms with Crippen LogP contribution in [0.5, 0.6) is 5.75 Å². The van der Waals surface area contributed by atoms with E-state index in [4.69, 9.17) is 16.3 Å². The molecule has 0 bridgehead atoms. The number of hydrogen-bond donors (Lipinski definition) is 0. The first-order valence-electron chi connectivity index (χ1n) is 6.71. The van der Waals surface area contributed by atoms with Crippen LogP contribution in [-0.2, 0) is 0 Å². The Morgan fingerprint density at radius 2 is 1.76 bits per heavy atom. The molecule has 0 heterocycles. The molecule has 0 aliphatic rings. The molecule has 2 rings (SSSR count). The molecule has 0 fully saturated rings. The van der Waals surface area contributed by atoms with Crippen LogP contribution in [0.2, 0.25) is 5.02 Å². The first-order valence-corrected chi connectivity index (χ1v) is 7.08. The summed E-state index contributed by atoms with van der Waals surface area (Å²) in [6.07, 6.45) is 0. The Morgan fingerprint density at radius 3 is 2.43 bits per heavy atom. The van der Waals surface area contributed by atoms with Gasteiger partial charge in [0, 0.05) is 12.6 Å². The van der Waals surface area contributed by atoms with Gasteiger partial charge in [-0.1, -0.05) is 41.9 Å². The SMILES string of the molecule is COc1ccccc1C(C)N(C)C(=O)c1ccccc1Cl. The third kappa shape index (κ3) is 3.19. The number of rotatable bonds is 4. The molecular formula is C17H18ClNO2. The second-order valence-corrected chi connectivity index (χ2v) is 5.22. The van der Waals surface area contributed by atoms with Gasteiger partial charge in [0.15, 0.2) is 0 Å². The Bertz CT molecular complexity index is 642. The van der Waals surface area contributed by atoms with E-state index in [1.54, 1.807) is 37.3 Å². The van der Waals surface area contributed by atoms with E-state index in [1.165, 1.54) is 0 Å². The Balaban J connectivity index is 2.29. The third-order valence-corrected chi connectivity index (χ3v) is 3.92. The largest absolute Gasteiger partial charge is 0.496 e. The normalized spacial score (nSPS) is 11.8. The molecular weight excluding hydrogens is 286 g/mol. The van der Waals surface area contributed by atoms with Gasteiger partial charge in [0.05, 0.1) is 23.7 Å². The molecule has 3 nitrogen and oxygen atoms in total. The van der Waals surface area contributed by atoms with Gasteiger partial charge in [-0.25, -0.2) is 0 Å². The minimum absolute atomic E-state index is 0.112. The van der Waals surface area contributed by atoms with Crippen LogP contribution in [-0.4, -0.2) is 25.0 Å². The highest BCUT2D eigenvalue weighted by atomic mass is 35.5. The van der Waals surface area contributed by atoms with Crippen LogP contribution in [0.15, 0.2) is 48.5 Å². The number of amides is 1. The summed E-state index contributed by atoms with van der Waals surface area (Å²) in [6, 6.07) is 14.6. The topological polar surface area (TPSA) is 29.5 Å². The smallest absolute Gasteiger partial charge is 0.255 e. The van der Waals surface area contributed by atoms with Crippen LogP contribution in [0.25, 0.3) is 0 Å². The number of carbonyl (C=O) groups excluding carboxylic acids is 1. The monoisotopic (exact) mass is 303 g/mol. The van der Waals surface area contributed by atoms with Gasteiger partial charge >= 0.3 is 0 Å². The fourth-order valence-corrected chi connectivity index (χ4v) is 2.44. The standard InChI is InChI=1S/C17H18ClNO2/c1-12(13-8-5-7-11-16(13)21-3)19(2)17(20)14-9-4-6-10-15(14)18/h4-12H,1-3H3. The van der Waals surface area contributed by atoms with Crippen molar-refractivity contribution in [2.75, 3.05) is 14.2 Å². The van der Waals surface area contributed by atoms with Gasteiger partial charge in [-0.3, -0.25) is 4.79 Å². The molecule has 2 aromatic rings. The van der Waals surface area contributed by atoms with E-state index in [1.807, 2.05) is 37.3 Å². The van der Waals surface area contributed by atoms with Crippen LogP contribution in [0.4, 0.5) is 0 Å². The molecule has 1 unspecified atom stereocenters. The lowest BCUT2D eigenvalue weighted by Crippen LogP contribution is -2.30. The van der Waals surface area contributed by atoms with E-state index in [0.717, 1.165) is 11.3 Å². The van der Waals surface area contributed by atoms with Crippen molar-refractivity contribution >= 4 is 17.5 Å². The van der Waals surface area contributed by atoms with Crippen molar-refractivity contribution in [2.45, 2.75) is 13.0 Å². The van der Waals surface area contributed by atoms with Gasteiger partial charge in [0.2, 0.25) is 0 Å². The molecule has 110 valence electrons. The fraction of sp³-hybridized carbons (Fsp3) is 0.235. The summed E-state index contributed by atoms with van der Waals surface area (Å²) in [7, 11) is 3.39. The predicted octanol–water partition coefficient (Wildman–Crippen LogP) is 4.18. The van der Waals surface area contributed by atoms with Gasteiger partial charge in [0.25, 0.3) is 5.91 Å². The second-order valence-electron chi connectivity index (χ2n) is 4.81. The van der Waals surface area contributed by atoms with Gasteiger partial charge in [-0.2, -0.15) is 0 Å². The minimum Gasteiger partial charge on any atom is -0.496 e. The van der Waals surface area contributed by atoms with Crippen molar-refractivity contribution in [3.63, 3.8) is 0 Å². The Kier molecular flexibility index (Phi) is 4.86. The quantitative estimate of drug-likeness (QED) is 0.848. The molecule has 0 N–H and O–H groups in total. The summed E-state index contributed by atoms with van der Waals surface area (Å²) in [5, 5.41) is 0.460. The molecule has 0 saturated carbocycles. The number of benzene rings is 2. The molecule has 2 aromatic carbocycles. The number of nitrogens with zero attached hydrogens (tertiary/aromatic N) is 1. The van der Waals surface area contributed by atoms with E-state index in [2.05, 4.69) is 0 Å². The van der Waals surface area contributed by atoms with E-state index in [-0.39, 0.29) is 11.9 Å². The van der Waals surface area contributed by atoms with Crippen molar-refractivity contribution in [3.8, 4) is 5.75 Å². The highest BCUT2D eigenvalue weighted by Crippen LogP contribution is 2.29. The number of carbonyl (C=O) groups is 1. The van der Waals surface area contributed by atoms with Crippen LogP contribution in [0.3, 0.4) is 0 Å². The molecule has 0 spiro atoms. The Hall–Kier alpha value is -2.00. The van der Waals surface area contributed by atoms with Crippen LogP contribution in [0, 0.1) is 0 Å². The van der Waals surface area contributed by atoms with Gasteiger partial charge < -0.3 is 9.64 Å². The molecule has 0 aliphatic carbocycles. The maximum Gasteiger partial charge on any atom is 0.255 e. The second kappa shape index (κ2) is 6.64. The van der Waals surface area contributed by atoms with Crippen LogP contribution < -0.4 is 4.74 Å². The van der Waals surface area contributed by atoms with Crippen LogP contribution in [0.1, 0.15) is 28.9 Å². The molecule has 0 aromatic heterocycles. The summed E-state index contributed by atoms with van der Waals surface area (Å²) in [5.41, 5.74) is 1.46. The zero-order chi connectivity index (χ0) is 15.4. The lowest BCUT2D eigenvalue weighted by molar-refractivity contribution is 0.0741. The molecule has 0 aliphatic heterocycles. The number of halogens is 1. The average molecular weight is 304 g/mol. The lowest BCUT2D eigenvalue weighted by atomic mass is 10.0. The number of para-hydroxylation sites is 1. The number of ether oxygens (including phenoxy) is 1. The summed E-state index contributed by atoms with van der Waals surface area (Å²) in [5.74, 6) is 0.655. The van der Waals surface area contributed by atoms with Gasteiger partial charge in [0.1, 0.15) is 5.75 Å². The molecule has 4 heteroatoms. The fourth-order valence-electron chi connectivity index (χ4n) is 2.22. The number of methoxy groups -OCH3 is 1. The first-order chi connectivity index (χ1) is 10.1. The highest BCUT2D eigenvalue weighted by Gasteiger charge is 2.22. The van der Waals surface area contributed by atoms with E-state index in [9.17, 15) is 4.79 Å². The van der Waals surface area contributed by atoms with Gasteiger partial charge in [-0.15, -0.1) is 0 Å². The zero-order valence-corrected chi connectivity index (χ0v) is 13.1. The Morgan fingerprint density at radius 1 is 1.14 bits per heavy atom. The average Bonchev–Trinajstić information content (AvgIpc) is 2.53. The molecule has 1 amide bonds. The van der Waals surface area contributed by atoms with Crippen molar-refractivity contribution in [1.82, 2.24) is 4.90 Å². The summed E-state index contributed by atoms with van der Waals surface area (Å²) in [4.78, 5) is 14.2. The summed E-state index contributed by atoms with van der Waals surface area (Å²) < 4.78 is 5.36. The van der Waals surface area contributed by atoms with Crippen molar-refractivity contribution < 1.29 is 9.53 Å². The molecule has 0 saturated heterocycles. The van der Waals surface area contributed by atoms with Crippen molar-refractivity contribution in [2.24, 2.45) is 0 Å². The first kappa shape index (κ1) is 15.4.